The topological polar surface area (TPSA) is 121 Å². The van der Waals surface area contributed by atoms with Crippen molar-refractivity contribution in [3.8, 4) is 17.2 Å². The second kappa shape index (κ2) is 13.0. The number of hydrogen-bond acceptors (Lipinski definition) is 8. The Bertz CT molecular complexity index is 1060. The highest BCUT2D eigenvalue weighted by atomic mass is 16.5. The molecule has 0 amide bonds. The van der Waals surface area contributed by atoms with Crippen molar-refractivity contribution < 1.29 is 34.4 Å². The van der Waals surface area contributed by atoms with Crippen molar-refractivity contribution in [2.24, 2.45) is 5.16 Å². The summed E-state index contributed by atoms with van der Waals surface area (Å²) in [5.74, 6) is -0.754. The fourth-order valence-electron chi connectivity index (χ4n) is 3.78. The van der Waals surface area contributed by atoms with Gasteiger partial charge in [0.25, 0.3) is 0 Å². The first-order valence-corrected chi connectivity index (χ1v) is 12.1. The van der Waals surface area contributed by atoms with Gasteiger partial charge in [-0.3, -0.25) is 0 Å². The average molecular weight is 503 g/mol. The number of ether oxygens (including phenoxy) is 3. The smallest absolute Gasteiger partial charge is 0.339 e. The van der Waals surface area contributed by atoms with Gasteiger partial charge in [0.1, 0.15) is 41.7 Å². The Hall–Kier alpha value is -3.46. The van der Waals surface area contributed by atoms with Crippen LogP contribution in [0.4, 0.5) is 5.69 Å². The number of carbonyl (C=O) groups is 1. The first-order chi connectivity index (χ1) is 17.1. The zero-order chi connectivity index (χ0) is 26.9. The van der Waals surface area contributed by atoms with Crippen LogP contribution in [0.15, 0.2) is 35.5 Å². The normalized spacial score (nSPS) is 11.9. The first kappa shape index (κ1) is 28.8. The SMILES string of the molecule is CCOCCOc1cc(C(COc2ccc(C(=O)O)c(O)c2)=NO)cc(C(C)(C)C)c1N(CC)CC. The van der Waals surface area contributed by atoms with E-state index in [4.69, 9.17) is 19.3 Å². The number of oxime groups is 1. The zero-order valence-electron chi connectivity index (χ0n) is 22.0. The van der Waals surface area contributed by atoms with Crippen LogP contribution in [0.2, 0.25) is 0 Å². The lowest BCUT2D eigenvalue weighted by atomic mass is 9.83. The van der Waals surface area contributed by atoms with Gasteiger partial charge in [-0.05, 0) is 56.0 Å². The molecule has 36 heavy (non-hydrogen) atoms. The highest BCUT2D eigenvalue weighted by Crippen LogP contribution is 2.40. The van der Waals surface area contributed by atoms with E-state index in [-0.39, 0.29) is 29.0 Å². The van der Waals surface area contributed by atoms with E-state index in [2.05, 4.69) is 44.7 Å². The minimum Gasteiger partial charge on any atom is -0.507 e. The Morgan fingerprint density at radius 1 is 1.03 bits per heavy atom. The lowest BCUT2D eigenvalue weighted by molar-refractivity contribution is 0.0693. The van der Waals surface area contributed by atoms with E-state index in [9.17, 15) is 15.1 Å². The van der Waals surface area contributed by atoms with Gasteiger partial charge < -0.3 is 34.5 Å². The summed E-state index contributed by atoms with van der Waals surface area (Å²) in [6.07, 6.45) is 0. The molecule has 0 spiro atoms. The third-order valence-electron chi connectivity index (χ3n) is 5.68. The molecule has 3 N–H and O–H groups in total. The Morgan fingerprint density at radius 3 is 2.25 bits per heavy atom. The fourth-order valence-corrected chi connectivity index (χ4v) is 3.78. The summed E-state index contributed by atoms with van der Waals surface area (Å²) < 4.78 is 17.3. The summed E-state index contributed by atoms with van der Waals surface area (Å²) in [7, 11) is 0. The van der Waals surface area contributed by atoms with Crippen LogP contribution in [0.3, 0.4) is 0 Å². The molecule has 0 fully saturated rings. The third kappa shape index (κ3) is 7.27. The van der Waals surface area contributed by atoms with Crippen LogP contribution in [0, 0.1) is 0 Å². The molecule has 0 radical (unpaired) electrons. The van der Waals surface area contributed by atoms with E-state index < -0.39 is 11.7 Å². The van der Waals surface area contributed by atoms with Gasteiger partial charge in [-0.15, -0.1) is 0 Å². The summed E-state index contributed by atoms with van der Waals surface area (Å²) in [4.78, 5) is 13.4. The van der Waals surface area contributed by atoms with E-state index in [1.165, 1.54) is 18.2 Å². The molecule has 9 nitrogen and oxygen atoms in total. The van der Waals surface area contributed by atoms with Crippen molar-refractivity contribution in [3.05, 3.63) is 47.0 Å². The van der Waals surface area contributed by atoms with Crippen LogP contribution in [-0.4, -0.2) is 66.6 Å². The molecule has 0 aliphatic heterocycles. The number of phenols is 1. The summed E-state index contributed by atoms with van der Waals surface area (Å²) in [6, 6.07) is 7.71. The van der Waals surface area contributed by atoms with Gasteiger partial charge in [0.15, 0.2) is 0 Å². The molecule has 0 aromatic heterocycles. The molecule has 9 heteroatoms. The molecule has 0 atom stereocenters. The molecular weight excluding hydrogens is 464 g/mol. The molecule has 0 saturated carbocycles. The van der Waals surface area contributed by atoms with Crippen molar-refractivity contribution >= 4 is 17.4 Å². The largest absolute Gasteiger partial charge is 0.507 e. The maximum Gasteiger partial charge on any atom is 0.339 e. The predicted molar refractivity (Wildman–Crippen MR) is 140 cm³/mol. The molecule has 0 bridgehead atoms. The summed E-state index contributed by atoms with van der Waals surface area (Å²) in [6.45, 7) is 15.3. The maximum atomic E-state index is 11.1. The standard InChI is InChI=1S/C27H38N2O7/c1-7-29(8-2)25-21(27(4,5)6)14-18(15-24(25)35-13-12-34-9-3)22(28-33)17-36-19-10-11-20(26(31)32)23(30)16-19/h10-11,14-16,30,33H,7-9,12-13,17H2,1-6H3,(H,31,32). The molecule has 198 valence electrons. The quantitative estimate of drug-likeness (QED) is 0.153. The third-order valence-corrected chi connectivity index (χ3v) is 5.68. The van der Waals surface area contributed by atoms with Gasteiger partial charge in [-0.2, -0.15) is 0 Å². The first-order valence-electron chi connectivity index (χ1n) is 12.1. The van der Waals surface area contributed by atoms with Gasteiger partial charge >= 0.3 is 5.97 Å². The molecule has 0 aliphatic carbocycles. The molecule has 2 aromatic carbocycles. The minimum atomic E-state index is -1.24. The van der Waals surface area contributed by atoms with E-state index in [1.54, 1.807) is 0 Å². The Balaban J connectivity index is 2.47. The summed E-state index contributed by atoms with van der Waals surface area (Å²) in [5.41, 5.74) is 2.42. The molecule has 0 heterocycles. The average Bonchev–Trinajstić information content (AvgIpc) is 2.82. The van der Waals surface area contributed by atoms with Gasteiger partial charge in [-0.25, -0.2) is 4.79 Å². The number of nitrogens with zero attached hydrogens (tertiary/aromatic N) is 2. The number of carboxylic acid groups (broad SMARTS) is 1. The number of aromatic carboxylic acids is 1. The van der Waals surface area contributed by atoms with Crippen LogP contribution in [0.25, 0.3) is 0 Å². The Kier molecular flexibility index (Phi) is 10.4. The molecule has 2 aromatic rings. The van der Waals surface area contributed by atoms with Crippen molar-refractivity contribution in [2.75, 3.05) is 44.4 Å². The highest BCUT2D eigenvalue weighted by molar-refractivity contribution is 6.02. The number of anilines is 1. The highest BCUT2D eigenvalue weighted by Gasteiger charge is 2.26. The molecular formula is C27H38N2O7. The predicted octanol–water partition coefficient (Wildman–Crippen LogP) is 4.91. The Labute approximate surface area is 212 Å². The van der Waals surface area contributed by atoms with Crippen molar-refractivity contribution in [3.63, 3.8) is 0 Å². The van der Waals surface area contributed by atoms with E-state index in [0.29, 0.717) is 31.1 Å². The number of hydrogen-bond donors (Lipinski definition) is 3. The van der Waals surface area contributed by atoms with Crippen molar-refractivity contribution in [2.45, 2.75) is 47.0 Å². The Morgan fingerprint density at radius 2 is 1.72 bits per heavy atom. The number of benzene rings is 2. The van der Waals surface area contributed by atoms with Gasteiger partial charge in [0, 0.05) is 31.3 Å². The molecule has 0 saturated heterocycles. The molecule has 0 aliphatic rings. The minimum absolute atomic E-state index is 0.116. The van der Waals surface area contributed by atoms with Crippen LogP contribution in [-0.2, 0) is 10.2 Å². The van der Waals surface area contributed by atoms with Gasteiger partial charge in [0.2, 0.25) is 0 Å². The van der Waals surface area contributed by atoms with Crippen molar-refractivity contribution in [1.29, 1.82) is 0 Å². The maximum absolute atomic E-state index is 11.1. The molecule has 2 rings (SSSR count). The van der Waals surface area contributed by atoms with Gasteiger partial charge in [-0.1, -0.05) is 25.9 Å². The second-order valence-corrected chi connectivity index (χ2v) is 9.16. The van der Waals surface area contributed by atoms with Crippen molar-refractivity contribution in [1.82, 2.24) is 0 Å². The zero-order valence-corrected chi connectivity index (χ0v) is 22.0. The molecule has 0 unspecified atom stereocenters. The lowest BCUT2D eigenvalue weighted by Crippen LogP contribution is -2.28. The van der Waals surface area contributed by atoms with E-state index >= 15 is 0 Å². The lowest BCUT2D eigenvalue weighted by Gasteiger charge is -2.32. The van der Waals surface area contributed by atoms with E-state index in [0.717, 1.165) is 24.3 Å². The van der Waals surface area contributed by atoms with Crippen LogP contribution in [0.5, 0.6) is 17.2 Å². The summed E-state index contributed by atoms with van der Waals surface area (Å²) in [5, 5.41) is 32.3. The number of aromatic hydroxyl groups is 1. The summed E-state index contributed by atoms with van der Waals surface area (Å²) >= 11 is 0. The number of rotatable bonds is 13. The van der Waals surface area contributed by atoms with Gasteiger partial charge in [0.05, 0.1) is 12.3 Å². The van der Waals surface area contributed by atoms with Crippen LogP contribution >= 0.6 is 0 Å². The van der Waals surface area contributed by atoms with E-state index in [1.807, 2.05) is 19.1 Å². The number of carboxylic acids is 1. The van der Waals surface area contributed by atoms with Crippen LogP contribution < -0.4 is 14.4 Å². The second-order valence-electron chi connectivity index (χ2n) is 9.16. The van der Waals surface area contributed by atoms with Crippen LogP contribution in [0.1, 0.15) is 63.0 Å². The fraction of sp³-hybridized carbons (Fsp3) is 0.481. The monoisotopic (exact) mass is 502 g/mol.